The molecule has 1 saturated heterocycles. The van der Waals surface area contributed by atoms with Crippen LogP contribution < -0.4 is 0 Å². The first-order valence-corrected chi connectivity index (χ1v) is 6.68. The fourth-order valence-electron chi connectivity index (χ4n) is 2.20. The van der Waals surface area contributed by atoms with Crippen LogP contribution in [0, 0.1) is 0 Å². The molecule has 1 aliphatic heterocycles. The molecule has 1 aromatic carbocycles. The Kier molecular flexibility index (Phi) is 4.92. The second-order valence-electron chi connectivity index (χ2n) is 4.77. The largest absolute Gasteiger partial charge is 0.467 e. The van der Waals surface area contributed by atoms with Crippen LogP contribution in [-0.2, 0) is 25.7 Å². The Morgan fingerprint density at radius 3 is 2.67 bits per heavy atom. The van der Waals surface area contributed by atoms with Gasteiger partial charge in [-0.25, -0.2) is 9.59 Å². The lowest BCUT2D eigenvalue weighted by Gasteiger charge is -2.32. The van der Waals surface area contributed by atoms with Gasteiger partial charge < -0.3 is 9.47 Å². The van der Waals surface area contributed by atoms with E-state index in [9.17, 15) is 14.4 Å². The van der Waals surface area contributed by atoms with Gasteiger partial charge in [-0.05, 0) is 5.56 Å². The topological polar surface area (TPSA) is 72.9 Å². The lowest BCUT2D eigenvalue weighted by molar-refractivity contribution is -0.150. The molecule has 0 radical (unpaired) electrons. The molecule has 6 nitrogen and oxygen atoms in total. The van der Waals surface area contributed by atoms with E-state index < -0.39 is 18.1 Å². The molecular weight excluding hydrogens is 274 g/mol. The summed E-state index contributed by atoms with van der Waals surface area (Å²) in [4.78, 5) is 36.5. The molecule has 1 aliphatic rings. The maximum Gasteiger partial charge on any atom is 0.410 e. The molecule has 0 spiro atoms. The number of carbonyl (C=O) groups is 3. The smallest absolute Gasteiger partial charge is 0.410 e. The molecule has 112 valence electrons. The van der Waals surface area contributed by atoms with Crippen molar-refractivity contribution in [2.24, 2.45) is 0 Å². The van der Waals surface area contributed by atoms with Gasteiger partial charge in [0.05, 0.1) is 7.11 Å². The third kappa shape index (κ3) is 3.81. The number of ketones is 1. The molecule has 21 heavy (non-hydrogen) atoms. The van der Waals surface area contributed by atoms with E-state index >= 15 is 0 Å². The SMILES string of the molecule is COC(=O)C1CC(=O)CCN1C(=O)OCc1ccccc1. The minimum atomic E-state index is -0.889. The van der Waals surface area contributed by atoms with Crippen molar-refractivity contribution in [3.05, 3.63) is 35.9 Å². The van der Waals surface area contributed by atoms with Crippen molar-refractivity contribution in [1.29, 1.82) is 0 Å². The summed E-state index contributed by atoms with van der Waals surface area (Å²) in [5.41, 5.74) is 0.855. The molecule has 1 fully saturated rings. The van der Waals surface area contributed by atoms with Gasteiger partial charge in [-0.1, -0.05) is 30.3 Å². The van der Waals surface area contributed by atoms with E-state index in [0.29, 0.717) is 0 Å². The second-order valence-corrected chi connectivity index (χ2v) is 4.77. The second kappa shape index (κ2) is 6.88. The number of esters is 1. The van der Waals surface area contributed by atoms with E-state index in [-0.39, 0.29) is 31.8 Å². The Hall–Kier alpha value is -2.37. The molecule has 0 N–H and O–H groups in total. The normalized spacial score (nSPS) is 18.2. The van der Waals surface area contributed by atoms with Crippen LogP contribution in [0.3, 0.4) is 0 Å². The average molecular weight is 291 g/mol. The summed E-state index contributed by atoms with van der Waals surface area (Å²) in [6.07, 6.45) is -0.400. The third-order valence-electron chi connectivity index (χ3n) is 3.34. The predicted molar refractivity (Wildman–Crippen MR) is 73.4 cm³/mol. The van der Waals surface area contributed by atoms with Gasteiger partial charge in [0.2, 0.25) is 0 Å². The first-order chi connectivity index (χ1) is 10.1. The summed E-state index contributed by atoms with van der Waals surface area (Å²) in [7, 11) is 1.23. The monoisotopic (exact) mass is 291 g/mol. The minimum absolute atomic E-state index is 0.0207. The van der Waals surface area contributed by atoms with Crippen LogP contribution >= 0.6 is 0 Å². The van der Waals surface area contributed by atoms with Crippen LogP contribution in [0.4, 0.5) is 4.79 Å². The van der Waals surface area contributed by atoms with Crippen LogP contribution in [0.2, 0.25) is 0 Å². The van der Waals surface area contributed by atoms with E-state index in [0.717, 1.165) is 5.56 Å². The summed E-state index contributed by atoms with van der Waals surface area (Å²) >= 11 is 0. The Morgan fingerprint density at radius 1 is 1.29 bits per heavy atom. The molecule has 1 unspecified atom stereocenters. The third-order valence-corrected chi connectivity index (χ3v) is 3.34. The number of benzene rings is 1. The van der Waals surface area contributed by atoms with Gasteiger partial charge in [0.15, 0.2) is 0 Å². The number of piperidine rings is 1. The zero-order chi connectivity index (χ0) is 15.2. The number of Topliss-reactive ketones (excluding diaryl/α,β-unsaturated/α-hetero) is 1. The number of hydrogen-bond acceptors (Lipinski definition) is 5. The summed E-state index contributed by atoms with van der Waals surface area (Å²) in [5.74, 6) is -0.655. The number of carbonyl (C=O) groups excluding carboxylic acids is 3. The Morgan fingerprint density at radius 2 is 2.00 bits per heavy atom. The first-order valence-electron chi connectivity index (χ1n) is 6.68. The minimum Gasteiger partial charge on any atom is -0.467 e. The number of rotatable bonds is 3. The molecule has 2 rings (SSSR count). The quantitative estimate of drug-likeness (QED) is 0.790. The molecule has 1 amide bonds. The number of ether oxygens (including phenoxy) is 2. The summed E-state index contributed by atoms with van der Waals surface area (Å²) < 4.78 is 9.84. The average Bonchev–Trinajstić information content (AvgIpc) is 2.52. The molecule has 1 atom stereocenters. The van der Waals surface area contributed by atoms with Gasteiger partial charge in [0.25, 0.3) is 0 Å². The lowest BCUT2D eigenvalue weighted by Crippen LogP contribution is -2.50. The summed E-state index contributed by atoms with van der Waals surface area (Å²) in [6.45, 7) is 0.296. The molecule has 1 heterocycles. The van der Waals surface area contributed by atoms with Crippen LogP contribution in [-0.4, -0.2) is 42.4 Å². The Balaban J connectivity index is 1.99. The van der Waals surface area contributed by atoms with Gasteiger partial charge in [-0.2, -0.15) is 0 Å². The number of hydrogen-bond donors (Lipinski definition) is 0. The van der Waals surface area contributed by atoms with Crippen LogP contribution in [0.5, 0.6) is 0 Å². The highest BCUT2D eigenvalue weighted by Gasteiger charge is 2.37. The van der Waals surface area contributed by atoms with E-state index in [1.807, 2.05) is 30.3 Å². The molecule has 1 aromatic rings. The van der Waals surface area contributed by atoms with E-state index in [4.69, 9.17) is 4.74 Å². The van der Waals surface area contributed by atoms with Crippen molar-refractivity contribution >= 4 is 17.8 Å². The molecule has 0 saturated carbocycles. The predicted octanol–water partition coefficient (Wildman–Crippen LogP) is 1.53. The number of likely N-dealkylation sites (tertiary alicyclic amines) is 1. The fraction of sp³-hybridized carbons (Fsp3) is 0.400. The molecule has 0 aromatic heterocycles. The van der Waals surface area contributed by atoms with Gasteiger partial charge in [0, 0.05) is 19.4 Å². The maximum atomic E-state index is 12.1. The lowest BCUT2D eigenvalue weighted by atomic mass is 10.0. The van der Waals surface area contributed by atoms with Gasteiger partial charge in [-0.15, -0.1) is 0 Å². The molecular formula is C15H17NO5. The highest BCUT2D eigenvalue weighted by atomic mass is 16.6. The van der Waals surface area contributed by atoms with Gasteiger partial charge in [-0.3, -0.25) is 9.69 Å². The highest BCUT2D eigenvalue weighted by Crippen LogP contribution is 2.17. The zero-order valence-corrected chi connectivity index (χ0v) is 11.8. The van der Waals surface area contributed by atoms with Crippen molar-refractivity contribution in [2.75, 3.05) is 13.7 Å². The van der Waals surface area contributed by atoms with Crippen molar-refractivity contribution in [1.82, 2.24) is 4.90 Å². The van der Waals surface area contributed by atoms with Crippen molar-refractivity contribution in [3.63, 3.8) is 0 Å². The van der Waals surface area contributed by atoms with E-state index in [1.54, 1.807) is 0 Å². The Labute approximate surface area is 122 Å². The fourth-order valence-corrected chi connectivity index (χ4v) is 2.20. The first kappa shape index (κ1) is 15.0. The highest BCUT2D eigenvalue weighted by molar-refractivity contribution is 5.91. The van der Waals surface area contributed by atoms with E-state index in [1.165, 1.54) is 12.0 Å². The summed E-state index contributed by atoms with van der Waals surface area (Å²) in [6, 6.07) is 8.35. The maximum absolute atomic E-state index is 12.1. The van der Waals surface area contributed by atoms with Crippen LogP contribution in [0.15, 0.2) is 30.3 Å². The van der Waals surface area contributed by atoms with Crippen LogP contribution in [0.25, 0.3) is 0 Å². The van der Waals surface area contributed by atoms with Gasteiger partial charge in [0.1, 0.15) is 18.4 Å². The number of amides is 1. The van der Waals surface area contributed by atoms with Crippen molar-refractivity contribution < 1.29 is 23.9 Å². The van der Waals surface area contributed by atoms with Crippen LogP contribution in [0.1, 0.15) is 18.4 Å². The zero-order valence-electron chi connectivity index (χ0n) is 11.8. The standard InChI is InChI=1S/C15H17NO5/c1-20-14(18)13-9-12(17)7-8-16(13)15(19)21-10-11-5-3-2-4-6-11/h2-6,13H,7-10H2,1H3. The van der Waals surface area contributed by atoms with Crippen molar-refractivity contribution in [2.45, 2.75) is 25.5 Å². The van der Waals surface area contributed by atoms with Crippen molar-refractivity contribution in [3.8, 4) is 0 Å². The molecule has 6 heteroatoms. The Bertz CT molecular complexity index is 528. The number of nitrogens with zero attached hydrogens (tertiary/aromatic N) is 1. The van der Waals surface area contributed by atoms with Gasteiger partial charge >= 0.3 is 12.1 Å². The molecule has 0 bridgehead atoms. The molecule has 0 aliphatic carbocycles. The summed E-state index contributed by atoms with van der Waals surface area (Å²) in [5, 5.41) is 0. The number of methoxy groups -OCH3 is 1. The van der Waals surface area contributed by atoms with E-state index in [2.05, 4.69) is 4.74 Å².